The van der Waals surface area contributed by atoms with Crippen molar-refractivity contribution in [2.24, 2.45) is 5.10 Å². The van der Waals surface area contributed by atoms with Crippen LogP contribution in [0, 0.1) is 6.92 Å². The van der Waals surface area contributed by atoms with E-state index in [1.54, 1.807) is 12.4 Å². The smallest absolute Gasteiger partial charge is 0.147 e. The molecular formula is C17H15ClN4. The largest absolute Gasteiger partial charge is 0.265 e. The maximum absolute atomic E-state index is 6.03. The van der Waals surface area contributed by atoms with E-state index in [-0.39, 0.29) is 0 Å². The van der Waals surface area contributed by atoms with E-state index in [9.17, 15) is 0 Å². The summed E-state index contributed by atoms with van der Waals surface area (Å²) in [6.45, 7) is 3.97. The number of anilines is 1. The molecule has 0 radical (unpaired) electrons. The second-order valence-electron chi connectivity index (χ2n) is 5.03. The maximum atomic E-state index is 6.03. The highest BCUT2D eigenvalue weighted by molar-refractivity contribution is 6.31. The Labute approximate surface area is 133 Å². The summed E-state index contributed by atoms with van der Waals surface area (Å²) >= 11 is 6.03. The number of halogens is 1. The van der Waals surface area contributed by atoms with Gasteiger partial charge in [-0.05, 0) is 55.8 Å². The highest BCUT2D eigenvalue weighted by atomic mass is 35.5. The Balaban J connectivity index is 1.90. The molecule has 0 spiro atoms. The molecule has 0 unspecified atom stereocenters. The van der Waals surface area contributed by atoms with Crippen LogP contribution in [-0.4, -0.2) is 15.7 Å². The molecule has 22 heavy (non-hydrogen) atoms. The molecule has 2 aromatic heterocycles. The molecule has 0 bridgehead atoms. The number of aromatic nitrogens is 2. The Bertz CT molecular complexity index is 844. The minimum atomic E-state index is 0.709. The summed E-state index contributed by atoms with van der Waals surface area (Å²) in [6.07, 6.45) is 3.49. The first-order valence-electron chi connectivity index (χ1n) is 6.91. The molecule has 0 saturated heterocycles. The van der Waals surface area contributed by atoms with Gasteiger partial charge in [0.15, 0.2) is 0 Å². The Kier molecular flexibility index (Phi) is 4.02. The average Bonchev–Trinajstić information content (AvgIpc) is 2.54. The first-order valence-corrected chi connectivity index (χ1v) is 7.29. The van der Waals surface area contributed by atoms with Crippen LogP contribution in [0.3, 0.4) is 0 Å². The van der Waals surface area contributed by atoms with Crippen LogP contribution in [-0.2, 0) is 0 Å². The van der Waals surface area contributed by atoms with Crippen LogP contribution in [0.25, 0.3) is 10.9 Å². The van der Waals surface area contributed by atoms with Gasteiger partial charge < -0.3 is 0 Å². The Morgan fingerprint density at radius 3 is 2.68 bits per heavy atom. The van der Waals surface area contributed by atoms with Gasteiger partial charge in [-0.3, -0.25) is 10.4 Å². The minimum Gasteiger partial charge on any atom is -0.265 e. The van der Waals surface area contributed by atoms with Gasteiger partial charge in [0.2, 0.25) is 0 Å². The molecule has 1 N–H and O–H groups in total. The molecule has 4 nitrogen and oxygen atoms in total. The van der Waals surface area contributed by atoms with Gasteiger partial charge in [0, 0.05) is 28.4 Å². The quantitative estimate of drug-likeness (QED) is 0.575. The second kappa shape index (κ2) is 6.12. The third kappa shape index (κ3) is 3.07. The molecule has 0 aliphatic rings. The van der Waals surface area contributed by atoms with E-state index in [0.29, 0.717) is 10.8 Å². The molecule has 0 saturated carbocycles. The van der Waals surface area contributed by atoms with Gasteiger partial charge in [-0.2, -0.15) is 5.10 Å². The van der Waals surface area contributed by atoms with Crippen molar-refractivity contribution in [2.45, 2.75) is 13.8 Å². The monoisotopic (exact) mass is 310 g/mol. The topological polar surface area (TPSA) is 50.2 Å². The van der Waals surface area contributed by atoms with Crippen molar-refractivity contribution in [1.29, 1.82) is 0 Å². The molecule has 0 atom stereocenters. The van der Waals surface area contributed by atoms with Gasteiger partial charge in [-0.1, -0.05) is 11.6 Å². The van der Waals surface area contributed by atoms with Gasteiger partial charge in [0.1, 0.15) is 5.82 Å². The zero-order valence-corrected chi connectivity index (χ0v) is 13.1. The molecule has 0 amide bonds. The van der Waals surface area contributed by atoms with Crippen LogP contribution in [0.5, 0.6) is 0 Å². The molecule has 0 aliphatic carbocycles. The molecule has 0 aliphatic heterocycles. The number of hydrogen-bond acceptors (Lipinski definition) is 4. The Morgan fingerprint density at radius 1 is 1.14 bits per heavy atom. The summed E-state index contributed by atoms with van der Waals surface area (Å²) in [5, 5.41) is 6.14. The minimum absolute atomic E-state index is 0.709. The van der Waals surface area contributed by atoms with Gasteiger partial charge in [-0.25, -0.2) is 4.98 Å². The van der Waals surface area contributed by atoms with Crippen molar-refractivity contribution in [3.8, 4) is 0 Å². The summed E-state index contributed by atoms with van der Waals surface area (Å²) in [4.78, 5) is 8.55. The summed E-state index contributed by atoms with van der Waals surface area (Å²) in [5.41, 5.74) is 6.90. The zero-order chi connectivity index (χ0) is 15.5. The van der Waals surface area contributed by atoms with E-state index in [1.807, 2.05) is 50.2 Å². The van der Waals surface area contributed by atoms with Gasteiger partial charge in [-0.15, -0.1) is 0 Å². The average molecular weight is 311 g/mol. The van der Waals surface area contributed by atoms with E-state index >= 15 is 0 Å². The van der Waals surface area contributed by atoms with Gasteiger partial charge in [0.25, 0.3) is 0 Å². The number of hydrogen-bond donors (Lipinski definition) is 1. The molecule has 0 fully saturated rings. The lowest BCUT2D eigenvalue weighted by atomic mass is 10.1. The molecule has 3 aromatic rings. The first kappa shape index (κ1) is 14.5. The van der Waals surface area contributed by atoms with Crippen molar-refractivity contribution >= 4 is 34.0 Å². The van der Waals surface area contributed by atoms with Crippen LogP contribution in [0.4, 0.5) is 5.82 Å². The molecule has 1 aromatic carbocycles. The van der Waals surface area contributed by atoms with Crippen molar-refractivity contribution in [1.82, 2.24) is 9.97 Å². The fourth-order valence-electron chi connectivity index (χ4n) is 2.22. The number of pyridine rings is 2. The predicted octanol–water partition coefficient (Wildman–Crippen LogP) is 4.43. The Hall–Kier alpha value is -2.46. The standard InChI is InChI=1S/C17H15ClN4/c1-11-9-17(20-16-4-3-14(18)10-15(11)16)22-21-12(2)13-5-7-19-8-6-13/h3-10H,1-2H3,(H,20,22)/b21-12-. The van der Waals surface area contributed by atoms with E-state index in [2.05, 4.69) is 20.5 Å². The van der Waals surface area contributed by atoms with Crippen LogP contribution in [0.15, 0.2) is 53.9 Å². The summed E-state index contributed by atoms with van der Waals surface area (Å²) in [7, 11) is 0. The van der Waals surface area contributed by atoms with Crippen molar-refractivity contribution in [3.63, 3.8) is 0 Å². The van der Waals surface area contributed by atoms with Gasteiger partial charge >= 0.3 is 0 Å². The fraction of sp³-hybridized carbons (Fsp3) is 0.118. The van der Waals surface area contributed by atoms with Crippen molar-refractivity contribution in [3.05, 3.63) is 64.9 Å². The molecule has 110 valence electrons. The fourth-order valence-corrected chi connectivity index (χ4v) is 2.39. The number of rotatable bonds is 3. The van der Waals surface area contributed by atoms with Crippen LogP contribution in [0.1, 0.15) is 18.1 Å². The highest BCUT2D eigenvalue weighted by Gasteiger charge is 2.03. The van der Waals surface area contributed by atoms with Crippen LogP contribution >= 0.6 is 11.6 Å². The third-order valence-corrected chi connectivity index (χ3v) is 3.65. The molecular weight excluding hydrogens is 296 g/mol. The molecule has 2 heterocycles. The number of nitrogens with one attached hydrogen (secondary N) is 1. The van der Waals surface area contributed by atoms with E-state index in [0.717, 1.165) is 27.7 Å². The lowest BCUT2D eigenvalue weighted by Gasteiger charge is -2.07. The number of hydrazone groups is 1. The third-order valence-electron chi connectivity index (χ3n) is 3.41. The van der Waals surface area contributed by atoms with Crippen LogP contribution in [0.2, 0.25) is 5.02 Å². The van der Waals surface area contributed by atoms with Crippen molar-refractivity contribution in [2.75, 3.05) is 5.43 Å². The van der Waals surface area contributed by atoms with E-state index in [1.165, 1.54) is 0 Å². The normalized spacial score (nSPS) is 11.7. The summed E-state index contributed by atoms with van der Waals surface area (Å²) in [6, 6.07) is 11.5. The predicted molar refractivity (Wildman–Crippen MR) is 91.6 cm³/mol. The lowest BCUT2D eigenvalue weighted by Crippen LogP contribution is -2.01. The van der Waals surface area contributed by atoms with E-state index in [4.69, 9.17) is 11.6 Å². The number of fused-ring (bicyclic) bond motifs is 1. The maximum Gasteiger partial charge on any atom is 0.147 e. The summed E-state index contributed by atoms with van der Waals surface area (Å²) < 4.78 is 0. The van der Waals surface area contributed by atoms with Gasteiger partial charge in [0.05, 0.1) is 11.2 Å². The zero-order valence-electron chi connectivity index (χ0n) is 12.3. The lowest BCUT2D eigenvalue weighted by molar-refractivity contribution is 1.23. The highest BCUT2D eigenvalue weighted by Crippen LogP contribution is 2.23. The number of aryl methyl sites for hydroxylation is 1. The second-order valence-corrected chi connectivity index (χ2v) is 5.47. The SMILES string of the molecule is C/C(=N/Nc1cc(C)c2cc(Cl)ccc2n1)c1ccncc1. The van der Waals surface area contributed by atoms with E-state index < -0.39 is 0 Å². The summed E-state index contributed by atoms with van der Waals surface area (Å²) in [5.74, 6) is 0.709. The van der Waals surface area contributed by atoms with Crippen molar-refractivity contribution < 1.29 is 0 Å². The molecule has 3 rings (SSSR count). The number of nitrogens with zero attached hydrogens (tertiary/aromatic N) is 3. The first-order chi connectivity index (χ1) is 10.6. The Morgan fingerprint density at radius 2 is 1.91 bits per heavy atom. The number of benzene rings is 1. The van der Waals surface area contributed by atoms with Crippen LogP contribution < -0.4 is 5.43 Å². The molecule has 5 heteroatoms.